The Labute approximate surface area is 280 Å². The van der Waals surface area contributed by atoms with Crippen molar-refractivity contribution in [2.24, 2.45) is 23.2 Å². The first-order chi connectivity index (χ1) is 21.8. The van der Waals surface area contributed by atoms with Gasteiger partial charge in [0.05, 0.1) is 23.6 Å². The molecule has 4 atom stereocenters. The molecule has 4 rings (SSSR count). The molecule has 0 spiro atoms. The van der Waals surface area contributed by atoms with E-state index in [-0.39, 0.29) is 31.0 Å². The van der Waals surface area contributed by atoms with Crippen LogP contribution in [0, 0.1) is 23.2 Å². The molecule has 19 heteroatoms. The maximum atomic E-state index is 13.7. The highest BCUT2D eigenvalue weighted by atomic mass is 35.5. The van der Waals surface area contributed by atoms with Crippen molar-refractivity contribution in [3.05, 3.63) is 34.9 Å². The molecule has 1 aliphatic carbocycles. The van der Waals surface area contributed by atoms with Crippen LogP contribution >= 0.6 is 23.2 Å². The van der Waals surface area contributed by atoms with Gasteiger partial charge in [0.1, 0.15) is 11.6 Å². The summed E-state index contributed by atoms with van der Waals surface area (Å²) < 4.78 is 86.1. The highest BCUT2D eigenvalue weighted by Gasteiger charge is 2.69. The van der Waals surface area contributed by atoms with E-state index in [4.69, 9.17) is 4.74 Å². The number of ether oxygens (including phenoxy) is 1. The number of amides is 4. The second kappa shape index (κ2) is 13.7. The Morgan fingerprint density at radius 2 is 1.50 bits per heavy atom. The highest BCUT2D eigenvalue weighted by Crippen LogP contribution is 2.65. The van der Waals surface area contributed by atoms with Crippen LogP contribution in [0.2, 0.25) is 0 Å². The average Bonchev–Trinajstić information content (AvgIpc) is 3.28. The fourth-order valence-corrected chi connectivity index (χ4v) is 5.76. The molecule has 48 heavy (non-hydrogen) atoms. The minimum Gasteiger partial charge on any atom is -0.442 e. The lowest BCUT2D eigenvalue weighted by Gasteiger charge is -2.33. The molecular formula is C29H32Cl2F6N4O7. The molecule has 1 aromatic rings. The first-order valence-electron chi connectivity index (χ1n) is 14.3. The molecule has 0 aromatic heterocycles. The van der Waals surface area contributed by atoms with Gasteiger partial charge < -0.3 is 15.0 Å². The highest BCUT2D eigenvalue weighted by molar-refractivity contribution is 6.97. The van der Waals surface area contributed by atoms with E-state index in [0.29, 0.717) is 25.1 Å². The van der Waals surface area contributed by atoms with Gasteiger partial charge in [0, 0.05) is 18.7 Å². The van der Waals surface area contributed by atoms with E-state index in [2.05, 4.69) is 33.9 Å². The van der Waals surface area contributed by atoms with Gasteiger partial charge in [-0.05, 0) is 85.8 Å². The molecule has 2 heterocycles. The van der Waals surface area contributed by atoms with E-state index in [1.54, 1.807) is 20.8 Å². The fourth-order valence-electron chi connectivity index (χ4n) is 5.76. The third-order valence-corrected chi connectivity index (χ3v) is 8.59. The molecular weight excluding hydrogens is 701 g/mol. The Morgan fingerprint density at radius 3 is 1.92 bits per heavy atom. The predicted molar refractivity (Wildman–Crippen MR) is 156 cm³/mol. The Hall–Kier alpha value is -3.60. The topological polar surface area (TPSA) is 142 Å². The minimum atomic E-state index is -5.16. The number of halogens is 8. The maximum absolute atomic E-state index is 13.7. The molecule has 3 fully saturated rings. The van der Waals surface area contributed by atoms with E-state index >= 15 is 0 Å². The van der Waals surface area contributed by atoms with Gasteiger partial charge in [-0.15, -0.1) is 0 Å². The van der Waals surface area contributed by atoms with Crippen LogP contribution in [0.15, 0.2) is 18.2 Å². The molecule has 2 saturated heterocycles. The largest absolute Gasteiger partial charge is 0.442 e. The molecule has 0 radical (unpaired) electrons. The summed E-state index contributed by atoms with van der Waals surface area (Å²) in [6, 6.07) is -0.743. The lowest BCUT2D eigenvalue weighted by molar-refractivity contribution is -0.143. The molecule has 3 aliphatic rings. The fraction of sp³-hybridized carbons (Fsp3) is 0.586. The van der Waals surface area contributed by atoms with Crippen LogP contribution in [0.1, 0.15) is 62.5 Å². The predicted octanol–water partition coefficient (Wildman–Crippen LogP) is 4.74. The van der Waals surface area contributed by atoms with Crippen molar-refractivity contribution in [2.75, 3.05) is 19.6 Å². The standard InChI is InChI=1S/C27H32F6N4O5.C2Cl2O2/c1-24(2,3)42-23(41)37(11-13-6-7-34-20(13)38)35-21(39)19-18-17(25(18,4)5)12-36(19)22(40)14-8-15(26(28,29)30)10-16(9-14)27(31,32)33;3-1(5)2(4)6/h8-10,13,17-19H,6-7,11-12H2,1-5H3,(H,34,38)(H,35,39);/t13-,17-,18-,19-;/m0./s1. The van der Waals surface area contributed by atoms with Crippen LogP contribution < -0.4 is 10.7 Å². The summed E-state index contributed by atoms with van der Waals surface area (Å²) in [5.41, 5.74) is -3.21. The first-order valence-corrected chi connectivity index (χ1v) is 15.1. The van der Waals surface area contributed by atoms with E-state index in [1.165, 1.54) is 0 Å². The quantitative estimate of drug-likeness (QED) is 0.193. The number of nitrogens with zero attached hydrogens (tertiary/aromatic N) is 2. The van der Waals surface area contributed by atoms with Crippen LogP contribution in [-0.4, -0.2) is 75.5 Å². The van der Waals surface area contributed by atoms with Crippen molar-refractivity contribution in [3.63, 3.8) is 0 Å². The van der Waals surface area contributed by atoms with Crippen molar-refractivity contribution in [1.29, 1.82) is 0 Å². The van der Waals surface area contributed by atoms with Crippen LogP contribution in [0.3, 0.4) is 0 Å². The number of carbonyl (C=O) groups excluding carboxylic acids is 6. The summed E-state index contributed by atoms with van der Waals surface area (Å²) in [4.78, 5) is 72.1. The summed E-state index contributed by atoms with van der Waals surface area (Å²) in [6.45, 7) is 8.43. The third kappa shape index (κ3) is 9.09. The van der Waals surface area contributed by atoms with Crippen LogP contribution in [0.5, 0.6) is 0 Å². The Kier molecular flexibility index (Phi) is 11.1. The molecule has 266 valence electrons. The molecule has 4 amide bonds. The number of likely N-dealkylation sites (tertiary alicyclic amines) is 1. The number of fused-ring (bicyclic) bond motifs is 1. The van der Waals surface area contributed by atoms with Crippen molar-refractivity contribution in [3.8, 4) is 0 Å². The zero-order chi connectivity index (χ0) is 36.7. The molecule has 0 unspecified atom stereocenters. The van der Waals surface area contributed by atoms with Gasteiger partial charge >= 0.3 is 28.9 Å². The Morgan fingerprint density at radius 1 is 0.979 bits per heavy atom. The summed E-state index contributed by atoms with van der Waals surface area (Å²) in [5.74, 6) is -3.83. The molecule has 0 bridgehead atoms. The number of rotatable bonds is 5. The van der Waals surface area contributed by atoms with Gasteiger partial charge in [0.15, 0.2) is 0 Å². The lowest BCUT2D eigenvalue weighted by atomic mass is 9.98. The van der Waals surface area contributed by atoms with Gasteiger partial charge in [-0.1, -0.05) is 13.8 Å². The Bertz CT molecular complexity index is 1450. The van der Waals surface area contributed by atoms with Crippen molar-refractivity contribution in [1.82, 2.24) is 20.7 Å². The van der Waals surface area contributed by atoms with Gasteiger partial charge in [-0.3, -0.25) is 29.4 Å². The molecule has 1 aromatic carbocycles. The average molecular weight is 733 g/mol. The van der Waals surface area contributed by atoms with E-state index in [0.717, 1.165) is 9.91 Å². The number of hydrazine groups is 1. The molecule has 2 N–H and O–H groups in total. The second-order valence-corrected chi connectivity index (χ2v) is 13.7. The number of benzene rings is 1. The zero-order valence-electron chi connectivity index (χ0n) is 26.1. The summed E-state index contributed by atoms with van der Waals surface area (Å²) in [6.07, 6.45) is -10.9. The van der Waals surface area contributed by atoms with Crippen LogP contribution in [-0.2, 0) is 36.3 Å². The number of alkyl halides is 6. The second-order valence-electron chi connectivity index (χ2n) is 13.0. The van der Waals surface area contributed by atoms with E-state index in [9.17, 15) is 55.1 Å². The molecule has 11 nitrogen and oxygen atoms in total. The van der Waals surface area contributed by atoms with Crippen LogP contribution in [0.25, 0.3) is 0 Å². The number of nitrogens with one attached hydrogen (secondary N) is 2. The minimum absolute atomic E-state index is 0.0799. The molecule has 2 aliphatic heterocycles. The summed E-state index contributed by atoms with van der Waals surface area (Å²) in [7, 11) is 0. The van der Waals surface area contributed by atoms with Crippen LogP contribution in [0.4, 0.5) is 31.1 Å². The van der Waals surface area contributed by atoms with Gasteiger partial charge in [0.25, 0.3) is 11.8 Å². The SMILES string of the molecule is CC(C)(C)OC(=O)N(C[C@@H]1CCNC1=O)NC(=O)[C@@H]1[C@@H]2[C@H](CN1C(=O)c1cc(C(F)(F)F)cc(C(F)(F)F)c1)C2(C)C.O=C(Cl)C(=O)Cl. The summed E-state index contributed by atoms with van der Waals surface area (Å²) in [5, 5.41) is 1.16. The normalized spacial score (nSPS) is 22.9. The number of piperidine rings is 1. The van der Waals surface area contributed by atoms with Gasteiger partial charge in [0.2, 0.25) is 5.91 Å². The van der Waals surface area contributed by atoms with Crippen molar-refractivity contribution in [2.45, 2.75) is 65.0 Å². The summed E-state index contributed by atoms with van der Waals surface area (Å²) >= 11 is 8.98. The monoisotopic (exact) mass is 732 g/mol. The van der Waals surface area contributed by atoms with E-state index < -0.39 is 86.3 Å². The van der Waals surface area contributed by atoms with E-state index in [1.807, 2.05) is 13.8 Å². The van der Waals surface area contributed by atoms with Gasteiger partial charge in [-0.2, -0.15) is 26.3 Å². The number of carbonyl (C=O) groups is 6. The lowest BCUT2D eigenvalue weighted by Crippen LogP contribution is -2.57. The maximum Gasteiger partial charge on any atom is 0.429 e. The Balaban J connectivity index is 0.000000952. The smallest absolute Gasteiger partial charge is 0.429 e. The zero-order valence-corrected chi connectivity index (χ0v) is 27.7. The first kappa shape index (κ1) is 38.8. The number of hydrogen-bond acceptors (Lipinski definition) is 7. The van der Waals surface area contributed by atoms with Crippen molar-refractivity contribution >= 4 is 57.5 Å². The molecule has 1 saturated carbocycles. The van der Waals surface area contributed by atoms with Gasteiger partial charge in [-0.25, -0.2) is 9.80 Å². The number of hydrogen-bond donors (Lipinski definition) is 2. The van der Waals surface area contributed by atoms with Crippen molar-refractivity contribution < 1.29 is 59.8 Å². The third-order valence-electron chi connectivity index (χ3n) is 8.15.